The van der Waals surface area contributed by atoms with Gasteiger partial charge >= 0.3 is 0 Å². The molecule has 2 N–H and O–H groups in total. The lowest BCUT2D eigenvalue weighted by molar-refractivity contribution is 0.102. The fourth-order valence-electron chi connectivity index (χ4n) is 2.37. The van der Waals surface area contributed by atoms with Crippen LogP contribution >= 0.6 is 11.3 Å². The van der Waals surface area contributed by atoms with Crippen molar-refractivity contribution < 1.29 is 22.0 Å². The maximum Gasteiger partial charge on any atom is 0.256 e. The van der Waals surface area contributed by atoms with E-state index in [0.29, 0.717) is 10.6 Å². The maximum absolute atomic E-state index is 14.3. The number of anilines is 1. The third-order valence-electron chi connectivity index (χ3n) is 4.46. The third-order valence-corrected chi connectivity index (χ3v) is 7.52. The van der Waals surface area contributed by atoms with E-state index in [-0.39, 0.29) is 15.3 Å². The Labute approximate surface area is 173 Å². The van der Waals surface area contributed by atoms with Gasteiger partial charge in [-0.25, -0.2) is 21.9 Å². The summed E-state index contributed by atoms with van der Waals surface area (Å²) in [6.07, 6.45) is 2.35. The van der Waals surface area contributed by atoms with Crippen molar-refractivity contribution in [2.45, 2.75) is 36.7 Å². The van der Waals surface area contributed by atoms with E-state index in [0.717, 1.165) is 17.4 Å². The molecular formula is C20H22F2N2O3S2. The molecule has 0 radical (unpaired) electrons. The summed E-state index contributed by atoms with van der Waals surface area (Å²) in [5.41, 5.74) is -1.22. The van der Waals surface area contributed by atoms with E-state index in [1.54, 1.807) is 6.92 Å². The number of carbonyl (C=O) groups is 1. The van der Waals surface area contributed by atoms with Gasteiger partial charge < -0.3 is 5.32 Å². The van der Waals surface area contributed by atoms with Crippen molar-refractivity contribution in [2.75, 3.05) is 5.32 Å². The number of carbonyl (C=O) groups excluding carboxylic acids is 1. The van der Waals surface area contributed by atoms with Crippen LogP contribution in [0.3, 0.4) is 0 Å². The van der Waals surface area contributed by atoms with Gasteiger partial charge in [0.15, 0.2) is 0 Å². The molecule has 29 heavy (non-hydrogen) atoms. The van der Waals surface area contributed by atoms with Gasteiger partial charge in [-0.3, -0.25) is 4.79 Å². The highest BCUT2D eigenvalue weighted by molar-refractivity contribution is 7.91. The summed E-state index contributed by atoms with van der Waals surface area (Å²) < 4.78 is 55.1. The summed E-state index contributed by atoms with van der Waals surface area (Å²) in [4.78, 5) is 13.0. The molecule has 0 bridgehead atoms. The van der Waals surface area contributed by atoms with Crippen molar-refractivity contribution in [3.05, 3.63) is 65.3 Å². The number of thiophene rings is 1. The fourth-order valence-corrected chi connectivity index (χ4v) is 5.16. The Morgan fingerprint density at radius 1 is 1.31 bits per heavy atom. The number of sulfonamides is 1. The van der Waals surface area contributed by atoms with Gasteiger partial charge in [-0.05, 0) is 45.0 Å². The van der Waals surface area contributed by atoms with Crippen LogP contribution in [0.1, 0.15) is 34.6 Å². The molecule has 2 rings (SSSR count). The number of benzene rings is 1. The van der Waals surface area contributed by atoms with Gasteiger partial charge in [0.1, 0.15) is 15.7 Å². The molecule has 0 saturated heterocycles. The summed E-state index contributed by atoms with van der Waals surface area (Å²) in [6.45, 7) is 11.1. The number of aryl methyl sites for hydroxylation is 1. The second kappa shape index (κ2) is 8.56. The zero-order chi connectivity index (χ0) is 22.0. The van der Waals surface area contributed by atoms with Crippen LogP contribution in [0.25, 0.3) is 6.08 Å². The minimum Gasteiger partial charge on any atom is -0.322 e. The monoisotopic (exact) mass is 440 g/mol. The highest BCUT2D eigenvalue weighted by Crippen LogP contribution is 2.28. The van der Waals surface area contributed by atoms with Gasteiger partial charge in [-0.2, -0.15) is 0 Å². The first kappa shape index (κ1) is 22.9. The van der Waals surface area contributed by atoms with E-state index in [1.807, 2.05) is 0 Å². The minimum absolute atomic E-state index is 0.113. The molecule has 0 aliphatic carbocycles. The molecule has 1 unspecified atom stereocenters. The topological polar surface area (TPSA) is 75.3 Å². The van der Waals surface area contributed by atoms with Crippen molar-refractivity contribution in [3.63, 3.8) is 0 Å². The molecule has 1 aromatic heterocycles. The maximum atomic E-state index is 14.3. The van der Waals surface area contributed by atoms with Gasteiger partial charge in [0, 0.05) is 16.1 Å². The van der Waals surface area contributed by atoms with Crippen molar-refractivity contribution in [1.29, 1.82) is 0 Å². The molecule has 156 valence electrons. The highest BCUT2D eigenvalue weighted by atomic mass is 32.2. The summed E-state index contributed by atoms with van der Waals surface area (Å²) >= 11 is 0.895. The molecule has 0 fully saturated rings. The summed E-state index contributed by atoms with van der Waals surface area (Å²) in [5.74, 6) is -1.02. The Bertz CT molecular complexity index is 1060. The smallest absolute Gasteiger partial charge is 0.256 e. The Morgan fingerprint density at radius 3 is 2.55 bits per heavy atom. The summed E-state index contributed by atoms with van der Waals surface area (Å²) in [5, 5.41) is 2.60. The summed E-state index contributed by atoms with van der Waals surface area (Å²) in [7, 11) is -4.04. The lowest BCUT2D eigenvalue weighted by atomic mass is 10.0. The zero-order valence-corrected chi connectivity index (χ0v) is 17.9. The Morgan fingerprint density at radius 2 is 1.97 bits per heavy atom. The molecule has 1 heterocycles. The van der Waals surface area contributed by atoms with Gasteiger partial charge in [0.25, 0.3) is 5.91 Å². The van der Waals surface area contributed by atoms with Crippen molar-refractivity contribution >= 4 is 39.0 Å². The molecule has 2 aromatic rings. The first-order valence-electron chi connectivity index (χ1n) is 8.60. The molecule has 0 aliphatic heterocycles. The van der Waals surface area contributed by atoms with Gasteiger partial charge in [-0.1, -0.05) is 25.3 Å². The van der Waals surface area contributed by atoms with Crippen LogP contribution in [-0.4, -0.2) is 26.0 Å². The van der Waals surface area contributed by atoms with Gasteiger partial charge in [0.05, 0.1) is 11.6 Å². The van der Waals surface area contributed by atoms with Crippen molar-refractivity contribution in [3.8, 4) is 0 Å². The molecular weight excluding hydrogens is 418 g/mol. The minimum atomic E-state index is -4.04. The number of nitrogens with one attached hydrogen (secondary N) is 2. The Hall–Kier alpha value is -2.36. The second-order valence-electron chi connectivity index (χ2n) is 6.63. The number of rotatable bonds is 8. The first-order valence-corrected chi connectivity index (χ1v) is 10.9. The molecule has 0 saturated carbocycles. The predicted molar refractivity (Wildman–Crippen MR) is 113 cm³/mol. The van der Waals surface area contributed by atoms with Crippen molar-refractivity contribution in [1.82, 2.24) is 4.72 Å². The van der Waals surface area contributed by atoms with E-state index in [9.17, 15) is 22.0 Å². The number of hydrogen-bond donors (Lipinski definition) is 2. The van der Waals surface area contributed by atoms with E-state index >= 15 is 0 Å². The SMILES string of the molecule is C=Cc1cc(NC(=O)c2cc(S(=O)(=O)N[C@H](C)C(C)(F)C=C)sc2C)ccc1F. The number of amides is 1. The lowest BCUT2D eigenvalue weighted by Crippen LogP contribution is -2.44. The van der Waals surface area contributed by atoms with Crippen LogP contribution in [0.2, 0.25) is 0 Å². The molecule has 0 aliphatic rings. The normalized spacial score (nSPS) is 14.7. The zero-order valence-electron chi connectivity index (χ0n) is 16.3. The molecule has 0 spiro atoms. The average Bonchev–Trinajstić information content (AvgIpc) is 3.05. The number of hydrogen-bond acceptors (Lipinski definition) is 4. The largest absolute Gasteiger partial charge is 0.322 e. The van der Waals surface area contributed by atoms with E-state index in [1.165, 1.54) is 44.2 Å². The second-order valence-corrected chi connectivity index (χ2v) is 9.83. The predicted octanol–water partition coefficient (Wildman–Crippen LogP) is 4.67. The molecule has 1 aromatic carbocycles. The highest BCUT2D eigenvalue weighted by Gasteiger charge is 2.32. The van der Waals surface area contributed by atoms with E-state index in [2.05, 4.69) is 23.2 Å². The number of alkyl halides is 1. The fraction of sp³-hybridized carbons (Fsp3) is 0.250. The first-order chi connectivity index (χ1) is 13.4. The molecule has 2 atom stereocenters. The van der Waals surface area contributed by atoms with Gasteiger partial charge in [0.2, 0.25) is 10.0 Å². The van der Waals surface area contributed by atoms with Crippen LogP contribution in [0.4, 0.5) is 14.5 Å². The lowest BCUT2D eigenvalue weighted by Gasteiger charge is -2.24. The van der Waals surface area contributed by atoms with Crippen LogP contribution in [0, 0.1) is 12.7 Å². The average molecular weight is 441 g/mol. The third kappa shape index (κ3) is 5.17. The van der Waals surface area contributed by atoms with Crippen LogP contribution in [0.15, 0.2) is 47.7 Å². The molecule has 1 amide bonds. The Kier molecular flexibility index (Phi) is 6.77. The number of halogens is 2. The van der Waals surface area contributed by atoms with Crippen LogP contribution in [0.5, 0.6) is 0 Å². The van der Waals surface area contributed by atoms with E-state index < -0.39 is 33.5 Å². The van der Waals surface area contributed by atoms with Crippen molar-refractivity contribution in [2.24, 2.45) is 0 Å². The van der Waals surface area contributed by atoms with Crippen LogP contribution < -0.4 is 10.0 Å². The van der Waals surface area contributed by atoms with Crippen LogP contribution in [-0.2, 0) is 10.0 Å². The molecule has 5 nitrogen and oxygen atoms in total. The summed E-state index contributed by atoms with van der Waals surface area (Å²) in [6, 6.07) is 4.18. The Balaban J connectivity index is 2.26. The quantitative estimate of drug-likeness (QED) is 0.586. The molecule has 9 heteroatoms. The van der Waals surface area contributed by atoms with Gasteiger partial charge in [-0.15, -0.1) is 11.3 Å². The van der Waals surface area contributed by atoms with E-state index in [4.69, 9.17) is 0 Å². The standard InChI is InChI=1S/C20H22F2N2O3S2/c1-6-14-10-15(8-9-17(14)21)23-19(25)16-11-18(28-12(16)3)29(26,27)24-13(4)20(5,22)7-2/h6-11,13,24H,1-2H2,3-5H3,(H,23,25)/t13-,20?/m1/s1.